The molecule has 0 saturated heterocycles. The fourth-order valence-electron chi connectivity index (χ4n) is 1.08. The first kappa shape index (κ1) is 8.32. The molecular formula is C11H15. The van der Waals surface area contributed by atoms with Crippen LogP contribution in [0.25, 0.3) is 0 Å². The van der Waals surface area contributed by atoms with Crippen LogP contribution in [-0.4, -0.2) is 0 Å². The second-order valence-corrected chi connectivity index (χ2v) is 2.75. The van der Waals surface area contributed by atoms with Gasteiger partial charge in [0.05, 0.1) is 0 Å². The molecule has 0 aromatic carbocycles. The molecule has 1 radical (unpaired) electrons. The van der Waals surface area contributed by atoms with Crippen molar-refractivity contribution in [3.8, 4) is 0 Å². The van der Waals surface area contributed by atoms with Gasteiger partial charge in [-0.2, -0.15) is 0 Å². The number of hydrogen-bond donors (Lipinski definition) is 0. The van der Waals surface area contributed by atoms with Gasteiger partial charge in [-0.3, -0.25) is 0 Å². The second-order valence-electron chi connectivity index (χ2n) is 2.75. The number of rotatable bonds is 0. The fourth-order valence-corrected chi connectivity index (χ4v) is 1.08. The smallest absolute Gasteiger partial charge is 0.00948 e. The van der Waals surface area contributed by atoms with Crippen LogP contribution in [0.15, 0.2) is 30.4 Å². The summed E-state index contributed by atoms with van der Waals surface area (Å²) in [4.78, 5) is 0. The first-order valence-corrected chi connectivity index (χ1v) is 4.37. The molecule has 0 spiro atoms. The van der Waals surface area contributed by atoms with Crippen molar-refractivity contribution in [1.29, 1.82) is 0 Å². The quantitative estimate of drug-likeness (QED) is 0.492. The Balaban J connectivity index is 2.35. The van der Waals surface area contributed by atoms with Crippen molar-refractivity contribution in [3.63, 3.8) is 0 Å². The molecule has 1 aliphatic rings. The molecule has 0 aliphatic heterocycles. The van der Waals surface area contributed by atoms with Crippen LogP contribution in [0.3, 0.4) is 0 Å². The lowest BCUT2D eigenvalue weighted by Crippen LogP contribution is -1.71. The maximum atomic E-state index is 3.24. The minimum Gasteiger partial charge on any atom is -0.0845 e. The first-order chi connectivity index (χ1) is 5.50. The molecule has 0 fully saturated rings. The van der Waals surface area contributed by atoms with Gasteiger partial charge in [-0.1, -0.05) is 30.4 Å². The lowest BCUT2D eigenvalue weighted by Gasteiger charge is -1.90. The van der Waals surface area contributed by atoms with Gasteiger partial charge in [0.15, 0.2) is 0 Å². The van der Waals surface area contributed by atoms with Gasteiger partial charge in [-0.15, -0.1) is 0 Å². The van der Waals surface area contributed by atoms with E-state index in [0.29, 0.717) is 0 Å². The van der Waals surface area contributed by atoms with E-state index in [1.165, 1.54) is 25.7 Å². The molecule has 0 unspecified atom stereocenters. The standard InChI is InChI=1S/C11H15/c1-2-4-6-8-10-11-9-7-5-3-1/h1-4,10H,5-7,9,11H2/b3-1-,4-2+,10-8?. The molecule has 1 aliphatic carbocycles. The zero-order valence-electron chi connectivity index (χ0n) is 6.92. The highest BCUT2D eigenvalue weighted by Crippen LogP contribution is 2.03. The van der Waals surface area contributed by atoms with Crippen LogP contribution in [-0.2, 0) is 0 Å². The van der Waals surface area contributed by atoms with E-state index in [4.69, 9.17) is 0 Å². The van der Waals surface area contributed by atoms with E-state index in [-0.39, 0.29) is 0 Å². The van der Waals surface area contributed by atoms with Crippen molar-refractivity contribution >= 4 is 0 Å². The summed E-state index contributed by atoms with van der Waals surface area (Å²) in [6.07, 6.45) is 20.0. The Morgan fingerprint density at radius 1 is 0.909 bits per heavy atom. The topological polar surface area (TPSA) is 0 Å². The van der Waals surface area contributed by atoms with Crippen LogP contribution in [0, 0.1) is 6.08 Å². The molecule has 0 saturated carbocycles. The highest BCUT2D eigenvalue weighted by molar-refractivity contribution is 5.03. The molecule has 0 atom stereocenters. The molecule has 0 heteroatoms. The molecule has 1 rings (SSSR count). The van der Waals surface area contributed by atoms with Crippen LogP contribution in [0.1, 0.15) is 32.1 Å². The van der Waals surface area contributed by atoms with E-state index >= 15 is 0 Å². The summed E-state index contributed by atoms with van der Waals surface area (Å²) >= 11 is 0. The van der Waals surface area contributed by atoms with Gasteiger partial charge in [0, 0.05) is 0 Å². The lowest BCUT2D eigenvalue weighted by atomic mass is 10.2. The highest BCUT2D eigenvalue weighted by Gasteiger charge is 1.83. The molecule has 0 aromatic heterocycles. The first-order valence-electron chi connectivity index (χ1n) is 4.37. The molecule has 0 amide bonds. The van der Waals surface area contributed by atoms with E-state index in [2.05, 4.69) is 36.5 Å². The Morgan fingerprint density at radius 3 is 2.73 bits per heavy atom. The minimum atomic E-state index is 0.963. The largest absolute Gasteiger partial charge is 0.0845 e. The van der Waals surface area contributed by atoms with Crippen LogP contribution in [0.2, 0.25) is 0 Å². The monoisotopic (exact) mass is 147 g/mol. The Hall–Kier alpha value is -0.780. The van der Waals surface area contributed by atoms with E-state index in [1.54, 1.807) is 0 Å². The fraction of sp³-hybridized carbons (Fsp3) is 0.455. The highest BCUT2D eigenvalue weighted by atomic mass is 13.9. The van der Waals surface area contributed by atoms with Gasteiger partial charge in [-0.05, 0) is 38.2 Å². The van der Waals surface area contributed by atoms with Gasteiger partial charge in [0.25, 0.3) is 0 Å². The van der Waals surface area contributed by atoms with Gasteiger partial charge in [-0.25, -0.2) is 0 Å². The van der Waals surface area contributed by atoms with Crippen molar-refractivity contribution < 1.29 is 0 Å². The van der Waals surface area contributed by atoms with Crippen molar-refractivity contribution in [1.82, 2.24) is 0 Å². The summed E-state index contributed by atoms with van der Waals surface area (Å²) in [6, 6.07) is 0. The van der Waals surface area contributed by atoms with E-state index in [0.717, 1.165) is 6.42 Å². The Kier molecular flexibility index (Phi) is 4.51. The van der Waals surface area contributed by atoms with Crippen molar-refractivity contribution in [2.24, 2.45) is 0 Å². The summed E-state index contributed by atoms with van der Waals surface area (Å²) in [7, 11) is 0. The van der Waals surface area contributed by atoms with E-state index < -0.39 is 0 Å². The average molecular weight is 147 g/mol. The van der Waals surface area contributed by atoms with Crippen molar-refractivity contribution in [3.05, 3.63) is 36.5 Å². The van der Waals surface area contributed by atoms with E-state index in [1.807, 2.05) is 0 Å². The van der Waals surface area contributed by atoms with Gasteiger partial charge in [0.1, 0.15) is 0 Å². The third kappa shape index (κ3) is 4.60. The molecule has 11 heavy (non-hydrogen) atoms. The normalized spacial score (nSPS) is 28.4. The second kappa shape index (κ2) is 5.96. The summed E-state index contributed by atoms with van der Waals surface area (Å²) in [5.74, 6) is 0. The lowest BCUT2D eigenvalue weighted by molar-refractivity contribution is 0.760. The zero-order chi connectivity index (χ0) is 7.78. The third-order valence-corrected chi connectivity index (χ3v) is 1.73. The molecular weight excluding hydrogens is 132 g/mol. The van der Waals surface area contributed by atoms with Gasteiger partial charge in [0.2, 0.25) is 0 Å². The van der Waals surface area contributed by atoms with Gasteiger partial charge >= 0.3 is 0 Å². The minimum absolute atomic E-state index is 0.963. The predicted molar refractivity (Wildman–Crippen MR) is 49.2 cm³/mol. The SMILES string of the molecule is [C]1=C\CCCC/C=C\C=C\C/1. The zero-order valence-corrected chi connectivity index (χ0v) is 6.92. The molecule has 0 N–H and O–H groups in total. The Bertz CT molecular complexity index is 161. The molecule has 0 bridgehead atoms. The Morgan fingerprint density at radius 2 is 1.73 bits per heavy atom. The molecule has 0 heterocycles. The number of allylic oxidation sites excluding steroid dienone is 6. The summed E-state index contributed by atoms with van der Waals surface area (Å²) in [5.41, 5.74) is 0. The Labute approximate surface area is 69.3 Å². The third-order valence-electron chi connectivity index (χ3n) is 1.73. The van der Waals surface area contributed by atoms with Gasteiger partial charge < -0.3 is 0 Å². The van der Waals surface area contributed by atoms with Crippen LogP contribution in [0.4, 0.5) is 0 Å². The van der Waals surface area contributed by atoms with Crippen LogP contribution in [0.5, 0.6) is 0 Å². The molecule has 59 valence electrons. The number of hydrogen-bond acceptors (Lipinski definition) is 0. The summed E-state index contributed by atoms with van der Waals surface area (Å²) in [6.45, 7) is 0. The van der Waals surface area contributed by atoms with E-state index in [9.17, 15) is 0 Å². The molecule has 0 aromatic rings. The summed E-state index contributed by atoms with van der Waals surface area (Å²) in [5, 5.41) is 0. The summed E-state index contributed by atoms with van der Waals surface area (Å²) < 4.78 is 0. The maximum absolute atomic E-state index is 3.24. The predicted octanol–water partition coefficient (Wildman–Crippen LogP) is 3.42. The van der Waals surface area contributed by atoms with Crippen LogP contribution >= 0.6 is 0 Å². The van der Waals surface area contributed by atoms with Crippen molar-refractivity contribution in [2.45, 2.75) is 32.1 Å². The molecule has 0 nitrogen and oxygen atoms in total. The average Bonchev–Trinajstić information content (AvgIpc) is 2.08. The van der Waals surface area contributed by atoms with Crippen LogP contribution < -0.4 is 0 Å². The van der Waals surface area contributed by atoms with Crippen molar-refractivity contribution in [2.75, 3.05) is 0 Å². The maximum Gasteiger partial charge on any atom is -0.00948 e.